The Morgan fingerprint density at radius 1 is 1.33 bits per heavy atom. The molecular weight excluding hydrogens is 236 g/mol. The summed E-state index contributed by atoms with van der Waals surface area (Å²) in [6, 6.07) is 6.38. The van der Waals surface area contributed by atoms with Crippen LogP contribution in [-0.4, -0.2) is 38.9 Å². The number of aromatic carboxylic acids is 1. The van der Waals surface area contributed by atoms with E-state index in [1.165, 1.54) is 6.07 Å². The fourth-order valence-corrected chi connectivity index (χ4v) is 1.80. The molecule has 2 rings (SSSR count). The highest BCUT2D eigenvalue weighted by molar-refractivity contribution is 5.93. The number of benzene rings is 1. The number of aromatic amines is 1. The first-order valence-electron chi connectivity index (χ1n) is 5.45. The van der Waals surface area contributed by atoms with E-state index in [2.05, 4.69) is 4.98 Å². The van der Waals surface area contributed by atoms with Gasteiger partial charge in [-0.1, -0.05) is 6.07 Å². The van der Waals surface area contributed by atoms with Gasteiger partial charge in [-0.3, -0.25) is 0 Å². The number of carbonyl (C=O) groups is 1. The van der Waals surface area contributed by atoms with E-state index in [0.717, 1.165) is 0 Å². The number of carboxylic acids is 1. The molecule has 96 valence electrons. The molecule has 2 unspecified atom stereocenters. The molecule has 0 bridgehead atoms. The van der Waals surface area contributed by atoms with Gasteiger partial charge in [0.05, 0.1) is 6.10 Å². The van der Waals surface area contributed by atoms with Gasteiger partial charge in [0.2, 0.25) is 0 Å². The molecule has 2 atom stereocenters. The fourth-order valence-electron chi connectivity index (χ4n) is 1.80. The number of H-pyrrole nitrogens is 1. The third-order valence-corrected chi connectivity index (χ3v) is 2.82. The number of nitrogens with one attached hydrogen (secondary N) is 1. The Morgan fingerprint density at radius 3 is 2.67 bits per heavy atom. The van der Waals surface area contributed by atoms with Crippen LogP contribution in [0.3, 0.4) is 0 Å². The molecule has 0 amide bonds. The molecule has 0 spiro atoms. The molecule has 2 aromatic rings. The lowest BCUT2D eigenvalue weighted by Gasteiger charge is -2.16. The third kappa shape index (κ3) is 2.21. The van der Waals surface area contributed by atoms with Crippen LogP contribution in [0.1, 0.15) is 22.2 Å². The summed E-state index contributed by atoms with van der Waals surface area (Å²) in [4.78, 5) is 13.5. The molecular formula is C12H14N2O4. The average molecular weight is 250 g/mol. The number of carboxylic acid groups (broad SMARTS) is 1. The van der Waals surface area contributed by atoms with Crippen molar-refractivity contribution < 1.29 is 20.1 Å². The van der Waals surface area contributed by atoms with Crippen LogP contribution in [0, 0.1) is 0 Å². The minimum atomic E-state index is -1.08. The molecule has 0 aliphatic carbocycles. The van der Waals surface area contributed by atoms with E-state index in [1.54, 1.807) is 18.2 Å². The molecule has 1 aromatic heterocycles. The highest BCUT2D eigenvalue weighted by Crippen LogP contribution is 2.23. The first-order valence-corrected chi connectivity index (χ1v) is 5.45. The average Bonchev–Trinajstić information content (AvgIpc) is 2.79. The minimum Gasteiger partial charge on any atom is -0.477 e. The zero-order chi connectivity index (χ0) is 13.3. The van der Waals surface area contributed by atoms with Gasteiger partial charge in [-0.15, -0.1) is 0 Å². The van der Waals surface area contributed by atoms with Crippen molar-refractivity contribution in [3.8, 4) is 0 Å². The predicted molar refractivity (Wildman–Crippen MR) is 65.3 cm³/mol. The maximum absolute atomic E-state index is 10.8. The van der Waals surface area contributed by atoms with Gasteiger partial charge in [-0.05, 0) is 23.8 Å². The van der Waals surface area contributed by atoms with Crippen LogP contribution < -0.4 is 5.73 Å². The van der Waals surface area contributed by atoms with Gasteiger partial charge >= 0.3 is 5.97 Å². The molecule has 0 aliphatic rings. The number of aromatic nitrogens is 1. The second kappa shape index (κ2) is 4.77. The largest absolute Gasteiger partial charge is 0.477 e. The Hall–Kier alpha value is -1.89. The molecule has 18 heavy (non-hydrogen) atoms. The van der Waals surface area contributed by atoms with Crippen LogP contribution in [0.25, 0.3) is 10.9 Å². The Balaban J connectivity index is 2.40. The Bertz CT molecular complexity index is 578. The van der Waals surface area contributed by atoms with Crippen molar-refractivity contribution in [1.29, 1.82) is 0 Å². The topological polar surface area (TPSA) is 120 Å². The molecule has 0 saturated carbocycles. The van der Waals surface area contributed by atoms with E-state index < -0.39 is 18.2 Å². The molecule has 1 aromatic carbocycles. The highest BCUT2D eigenvalue weighted by atomic mass is 16.4. The molecule has 6 N–H and O–H groups in total. The van der Waals surface area contributed by atoms with Crippen LogP contribution in [0.2, 0.25) is 0 Å². The zero-order valence-corrected chi connectivity index (χ0v) is 9.50. The van der Waals surface area contributed by atoms with Gasteiger partial charge < -0.3 is 26.0 Å². The number of aliphatic hydroxyl groups is 2. The van der Waals surface area contributed by atoms with Gasteiger partial charge in [0.15, 0.2) is 0 Å². The van der Waals surface area contributed by atoms with Crippen LogP contribution >= 0.6 is 0 Å². The normalized spacial score (nSPS) is 14.6. The molecule has 0 saturated heterocycles. The summed E-state index contributed by atoms with van der Waals surface area (Å²) in [6.07, 6.45) is -2.12. The van der Waals surface area contributed by atoms with Crippen LogP contribution in [0.5, 0.6) is 0 Å². The number of aliphatic hydroxyl groups excluding tert-OH is 2. The van der Waals surface area contributed by atoms with Crippen LogP contribution in [0.4, 0.5) is 0 Å². The summed E-state index contributed by atoms with van der Waals surface area (Å²) in [5.41, 5.74) is 6.51. The lowest BCUT2D eigenvalue weighted by Crippen LogP contribution is -2.27. The molecule has 1 heterocycles. The lowest BCUT2D eigenvalue weighted by molar-refractivity contribution is 0.0244. The van der Waals surface area contributed by atoms with Gasteiger partial charge in [0.25, 0.3) is 0 Å². The van der Waals surface area contributed by atoms with Crippen LogP contribution in [0.15, 0.2) is 24.3 Å². The Morgan fingerprint density at radius 2 is 2.06 bits per heavy atom. The molecule has 0 radical (unpaired) electrons. The number of fused-ring (bicyclic) bond motifs is 1. The third-order valence-electron chi connectivity index (χ3n) is 2.82. The van der Waals surface area contributed by atoms with Gasteiger partial charge in [0.1, 0.15) is 11.8 Å². The van der Waals surface area contributed by atoms with Crippen molar-refractivity contribution in [2.75, 3.05) is 6.54 Å². The summed E-state index contributed by atoms with van der Waals surface area (Å²) in [7, 11) is 0. The SMILES string of the molecule is NCC(O)C(O)c1ccc2[nH]c(C(=O)O)cc2c1. The van der Waals surface area contributed by atoms with E-state index in [1.807, 2.05) is 0 Å². The predicted octanol–water partition coefficient (Wildman–Crippen LogP) is 0.219. The van der Waals surface area contributed by atoms with Crippen molar-refractivity contribution >= 4 is 16.9 Å². The Kier molecular flexibility index (Phi) is 3.33. The quantitative estimate of drug-likeness (QED) is 0.531. The fraction of sp³-hybridized carbons (Fsp3) is 0.250. The zero-order valence-electron chi connectivity index (χ0n) is 9.50. The van der Waals surface area contributed by atoms with Gasteiger partial charge in [-0.25, -0.2) is 4.79 Å². The van der Waals surface area contributed by atoms with Gasteiger partial charge in [0, 0.05) is 17.4 Å². The first-order chi connectivity index (χ1) is 8.52. The second-order valence-electron chi connectivity index (χ2n) is 4.08. The van der Waals surface area contributed by atoms with E-state index in [9.17, 15) is 15.0 Å². The maximum Gasteiger partial charge on any atom is 0.352 e. The highest BCUT2D eigenvalue weighted by Gasteiger charge is 2.17. The standard InChI is InChI=1S/C12H14N2O4/c13-5-10(15)11(16)6-1-2-8-7(3-6)4-9(14-8)12(17)18/h1-4,10-11,14-16H,5,13H2,(H,17,18). The summed E-state index contributed by atoms with van der Waals surface area (Å²) in [5.74, 6) is -1.05. The summed E-state index contributed by atoms with van der Waals surface area (Å²) >= 11 is 0. The van der Waals surface area contributed by atoms with Crippen molar-refractivity contribution in [2.24, 2.45) is 5.73 Å². The number of hydrogen-bond donors (Lipinski definition) is 5. The smallest absolute Gasteiger partial charge is 0.352 e. The lowest BCUT2D eigenvalue weighted by atomic mass is 10.0. The van der Waals surface area contributed by atoms with Crippen molar-refractivity contribution in [1.82, 2.24) is 4.98 Å². The number of nitrogens with two attached hydrogens (primary N) is 1. The molecule has 0 fully saturated rings. The number of hydrogen-bond acceptors (Lipinski definition) is 4. The Labute approximate surface area is 103 Å². The summed E-state index contributed by atoms with van der Waals surface area (Å²) < 4.78 is 0. The molecule has 0 aliphatic heterocycles. The first kappa shape index (κ1) is 12.6. The maximum atomic E-state index is 10.8. The number of rotatable bonds is 4. The van der Waals surface area contributed by atoms with E-state index in [4.69, 9.17) is 10.8 Å². The van der Waals surface area contributed by atoms with E-state index in [-0.39, 0.29) is 12.2 Å². The monoisotopic (exact) mass is 250 g/mol. The summed E-state index contributed by atoms with van der Waals surface area (Å²) in [6.45, 7) is -0.0489. The van der Waals surface area contributed by atoms with Crippen molar-refractivity contribution in [2.45, 2.75) is 12.2 Å². The van der Waals surface area contributed by atoms with Crippen molar-refractivity contribution in [3.63, 3.8) is 0 Å². The van der Waals surface area contributed by atoms with Crippen molar-refractivity contribution in [3.05, 3.63) is 35.5 Å². The molecule has 6 nitrogen and oxygen atoms in total. The summed E-state index contributed by atoms with van der Waals surface area (Å²) in [5, 5.41) is 28.8. The minimum absolute atomic E-state index is 0.0489. The molecule has 6 heteroatoms. The van der Waals surface area contributed by atoms with Gasteiger partial charge in [-0.2, -0.15) is 0 Å². The van der Waals surface area contributed by atoms with E-state index in [0.29, 0.717) is 16.5 Å². The second-order valence-corrected chi connectivity index (χ2v) is 4.08. The van der Waals surface area contributed by atoms with E-state index >= 15 is 0 Å². The van der Waals surface area contributed by atoms with Crippen LogP contribution in [-0.2, 0) is 0 Å².